The van der Waals surface area contributed by atoms with Crippen LogP contribution in [0.1, 0.15) is 48.5 Å². The van der Waals surface area contributed by atoms with Crippen molar-refractivity contribution in [1.29, 1.82) is 0 Å². The molecule has 1 N–H and O–H groups in total. The van der Waals surface area contributed by atoms with E-state index >= 15 is 0 Å². The Balaban J connectivity index is 1.81. The predicted octanol–water partition coefficient (Wildman–Crippen LogP) is 4.24. The van der Waals surface area contributed by atoms with Gasteiger partial charge in [0.2, 0.25) is 0 Å². The van der Waals surface area contributed by atoms with Crippen LogP contribution >= 0.6 is 23.2 Å². The number of amides is 2. The number of carbonyl (C=O) groups excluding carboxylic acids is 3. The number of carbonyl (C=O) groups is 3. The highest BCUT2D eigenvalue weighted by Crippen LogP contribution is 2.52. The number of ketones is 1. The maximum Gasteiger partial charge on any atom is 0.300 e. The second-order valence-electron chi connectivity index (χ2n) is 7.47. The molecule has 0 aromatic heterocycles. The smallest absolute Gasteiger partial charge is 0.300 e. The summed E-state index contributed by atoms with van der Waals surface area (Å²) in [4.78, 5) is 38.1. The lowest BCUT2D eigenvalue weighted by molar-refractivity contribution is -0.121. The van der Waals surface area contributed by atoms with Crippen molar-refractivity contribution in [3.63, 3.8) is 0 Å². The van der Waals surface area contributed by atoms with Crippen LogP contribution in [-0.2, 0) is 16.0 Å². The van der Waals surface area contributed by atoms with Crippen LogP contribution in [0.4, 0.5) is 5.69 Å². The van der Waals surface area contributed by atoms with E-state index in [9.17, 15) is 19.5 Å². The molecule has 26 heavy (non-hydrogen) atoms. The molecule has 7 heteroatoms. The van der Waals surface area contributed by atoms with Gasteiger partial charge in [-0.1, -0.05) is 43.0 Å². The van der Waals surface area contributed by atoms with Crippen LogP contribution in [-0.4, -0.2) is 22.7 Å². The van der Waals surface area contributed by atoms with Crippen LogP contribution in [0.3, 0.4) is 0 Å². The van der Waals surface area contributed by atoms with Crippen LogP contribution in [0.25, 0.3) is 0 Å². The van der Waals surface area contributed by atoms with Crippen molar-refractivity contribution in [2.24, 2.45) is 11.3 Å². The Morgan fingerprint density at radius 1 is 1.15 bits per heavy atom. The SMILES string of the molecule is CC1(C2CCCC2)Cc2cc(N3C(=O)C=C(O)C3=O)c(Cl)c(Cl)c2C1=O. The van der Waals surface area contributed by atoms with Crippen LogP contribution in [0.15, 0.2) is 17.9 Å². The van der Waals surface area contributed by atoms with E-state index < -0.39 is 23.0 Å². The minimum absolute atomic E-state index is 0.0158. The van der Waals surface area contributed by atoms with Gasteiger partial charge in [-0.3, -0.25) is 14.4 Å². The van der Waals surface area contributed by atoms with E-state index in [1.807, 2.05) is 6.92 Å². The Morgan fingerprint density at radius 2 is 1.81 bits per heavy atom. The van der Waals surface area contributed by atoms with Crippen LogP contribution in [0, 0.1) is 11.3 Å². The van der Waals surface area contributed by atoms with Gasteiger partial charge < -0.3 is 5.11 Å². The molecule has 5 nitrogen and oxygen atoms in total. The molecule has 136 valence electrons. The van der Waals surface area contributed by atoms with Crippen molar-refractivity contribution >= 4 is 46.5 Å². The summed E-state index contributed by atoms with van der Waals surface area (Å²) in [6.45, 7) is 1.97. The van der Waals surface area contributed by atoms with Gasteiger partial charge in [0.15, 0.2) is 11.5 Å². The highest BCUT2D eigenvalue weighted by molar-refractivity contribution is 6.47. The number of Topliss-reactive ketones (excluding diaryl/α,β-unsaturated/α-hetero) is 1. The fourth-order valence-electron chi connectivity index (χ4n) is 4.55. The lowest BCUT2D eigenvalue weighted by Gasteiger charge is -2.29. The number of anilines is 1. The third-order valence-electron chi connectivity index (χ3n) is 5.97. The van der Waals surface area contributed by atoms with Crippen LogP contribution in [0.5, 0.6) is 0 Å². The molecule has 2 amide bonds. The van der Waals surface area contributed by atoms with Gasteiger partial charge in [0.1, 0.15) is 0 Å². The summed E-state index contributed by atoms with van der Waals surface area (Å²) in [7, 11) is 0. The van der Waals surface area contributed by atoms with Crippen molar-refractivity contribution in [2.45, 2.75) is 39.0 Å². The first-order valence-corrected chi connectivity index (χ1v) is 9.36. The molecule has 1 heterocycles. The Bertz CT molecular complexity index is 901. The number of fused-ring (bicyclic) bond motifs is 1. The maximum atomic E-state index is 13.2. The summed E-state index contributed by atoms with van der Waals surface area (Å²) < 4.78 is 0. The minimum Gasteiger partial charge on any atom is -0.503 e. The molecule has 1 aromatic rings. The summed E-state index contributed by atoms with van der Waals surface area (Å²) in [5.41, 5.74) is 0.658. The molecule has 0 spiro atoms. The van der Waals surface area contributed by atoms with Crippen LogP contribution < -0.4 is 4.90 Å². The van der Waals surface area contributed by atoms with Crippen molar-refractivity contribution in [3.05, 3.63) is 39.1 Å². The van der Waals surface area contributed by atoms with E-state index in [0.717, 1.165) is 36.7 Å². The van der Waals surface area contributed by atoms with Gasteiger partial charge >= 0.3 is 0 Å². The van der Waals surface area contributed by atoms with Crippen molar-refractivity contribution < 1.29 is 19.5 Å². The third kappa shape index (κ3) is 2.26. The molecule has 3 aliphatic rings. The average molecular weight is 394 g/mol. The average Bonchev–Trinajstić information content (AvgIpc) is 3.26. The highest BCUT2D eigenvalue weighted by Gasteiger charge is 2.49. The normalized spacial score (nSPS) is 26.0. The van der Waals surface area contributed by atoms with Gasteiger partial charge in [0, 0.05) is 11.0 Å². The fourth-order valence-corrected chi connectivity index (χ4v) is 5.09. The molecule has 0 radical (unpaired) electrons. The Kier molecular flexibility index (Phi) is 3.93. The van der Waals surface area contributed by atoms with Crippen molar-refractivity contribution in [1.82, 2.24) is 0 Å². The molecule has 1 saturated carbocycles. The number of nitrogens with zero attached hydrogens (tertiary/aromatic N) is 1. The molecular formula is C19H17Cl2NO4. The molecule has 1 aromatic carbocycles. The van der Waals surface area contributed by atoms with E-state index in [0.29, 0.717) is 23.5 Å². The monoisotopic (exact) mass is 393 g/mol. The van der Waals surface area contributed by atoms with E-state index in [1.165, 1.54) is 0 Å². The van der Waals surface area contributed by atoms with Crippen LogP contribution in [0.2, 0.25) is 10.0 Å². The number of imide groups is 1. The largest absolute Gasteiger partial charge is 0.503 e. The number of hydrogen-bond donors (Lipinski definition) is 1. The number of benzene rings is 1. The highest BCUT2D eigenvalue weighted by atomic mass is 35.5. The Hall–Kier alpha value is -1.85. The lowest BCUT2D eigenvalue weighted by Crippen LogP contribution is -2.32. The molecule has 0 bridgehead atoms. The number of halogens is 2. The summed E-state index contributed by atoms with van der Waals surface area (Å²) in [5, 5.41) is 9.58. The topological polar surface area (TPSA) is 74.7 Å². The zero-order valence-electron chi connectivity index (χ0n) is 14.1. The second kappa shape index (κ2) is 5.83. The summed E-state index contributed by atoms with van der Waals surface area (Å²) >= 11 is 12.7. The second-order valence-corrected chi connectivity index (χ2v) is 8.23. The van der Waals surface area contributed by atoms with E-state index in [4.69, 9.17) is 23.2 Å². The quantitative estimate of drug-likeness (QED) is 0.762. The Morgan fingerprint density at radius 3 is 2.38 bits per heavy atom. The number of aliphatic hydroxyl groups is 1. The molecule has 1 aliphatic heterocycles. The van der Waals surface area contributed by atoms with Crippen molar-refractivity contribution in [2.75, 3.05) is 4.90 Å². The van der Waals surface area contributed by atoms with Gasteiger partial charge in [0.25, 0.3) is 11.8 Å². The molecule has 2 aliphatic carbocycles. The first-order chi connectivity index (χ1) is 12.3. The molecule has 1 atom stereocenters. The van der Waals surface area contributed by atoms with Gasteiger partial charge in [-0.2, -0.15) is 0 Å². The fraction of sp³-hybridized carbons (Fsp3) is 0.421. The molecule has 4 rings (SSSR count). The maximum absolute atomic E-state index is 13.2. The van der Waals surface area contributed by atoms with E-state index in [2.05, 4.69) is 0 Å². The molecular weight excluding hydrogens is 377 g/mol. The summed E-state index contributed by atoms with van der Waals surface area (Å²) in [5.74, 6) is -1.90. The summed E-state index contributed by atoms with van der Waals surface area (Å²) in [6.07, 6.45) is 5.60. The predicted molar refractivity (Wildman–Crippen MR) is 97.8 cm³/mol. The summed E-state index contributed by atoms with van der Waals surface area (Å²) in [6, 6.07) is 1.59. The van der Waals surface area contributed by atoms with E-state index in [-0.39, 0.29) is 21.5 Å². The van der Waals surface area contributed by atoms with Gasteiger partial charge in [-0.05, 0) is 36.8 Å². The standard InChI is InChI=1S/C19H17Cl2NO4/c1-19(10-4-2-3-5-10)8-9-6-11(15(20)16(21)14(9)17(19)25)22-13(24)7-12(23)18(22)26/h6-7,10,23H,2-5,8H2,1H3. The Labute approximate surface area is 160 Å². The zero-order chi connectivity index (χ0) is 18.8. The third-order valence-corrected chi connectivity index (χ3v) is 6.83. The zero-order valence-corrected chi connectivity index (χ0v) is 15.7. The van der Waals surface area contributed by atoms with Gasteiger partial charge in [-0.15, -0.1) is 0 Å². The number of hydrogen-bond acceptors (Lipinski definition) is 4. The van der Waals surface area contributed by atoms with Gasteiger partial charge in [0.05, 0.1) is 21.8 Å². The first-order valence-electron chi connectivity index (χ1n) is 8.60. The molecule has 1 unspecified atom stereocenters. The number of rotatable bonds is 2. The minimum atomic E-state index is -0.851. The molecule has 1 fully saturated rings. The van der Waals surface area contributed by atoms with E-state index in [1.54, 1.807) is 6.07 Å². The van der Waals surface area contributed by atoms with Crippen molar-refractivity contribution in [3.8, 4) is 0 Å². The number of aliphatic hydroxyl groups excluding tert-OH is 1. The lowest BCUT2D eigenvalue weighted by atomic mass is 9.73. The van der Waals surface area contributed by atoms with Gasteiger partial charge in [-0.25, -0.2) is 4.90 Å². The molecule has 0 saturated heterocycles. The first kappa shape index (κ1) is 17.6.